The molecule has 26 heavy (non-hydrogen) atoms. The van der Waals surface area contributed by atoms with Crippen LogP contribution in [0.2, 0.25) is 0 Å². The van der Waals surface area contributed by atoms with E-state index in [0.29, 0.717) is 24.7 Å². The van der Waals surface area contributed by atoms with Crippen molar-refractivity contribution >= 4 is 34.1 Å². The van der Waals surface area contributed by atoms with Crippen LogP contribution in [0.25, 0.3) is 0 Å². The Morgan fingerprint density at radius 2 is 2.08 bits per heavy atom. The molecule has 2 aromatic rings. The Morgan fingerprint density at radius 3 is 2.81 bits per heavy atom. The number of halogens is 2. The van der Waals surface area contributed by atoms with Crippen LogP contribution in [-0.2, 0) is 31.3 Å². The summed E-state index contributed by atoms with van der Waals surface area (Å²) in [5.74, 6) is 0.273. The highest BCUT2D eigenvalue weighted by Crippen LogP contribution is 2.30. The zero-order chi connectivity index (χ0) is 18.7. The van der Waals surface area contributed by atoms with Crippen molar-refractivity contribution in [1.29, 1.82) is 0 Å². The van der Waals surface area contributed by atoms with E-state index in [-0.39, 0.29) is 11.4 Å². The van der Waals surface area contributed by atoms with E-state index in [1.54, 1.807) is 17.7 Å². The van der Waals surface area contributed by atoms with Crippen molar-refractivity contribution in [2.75, 3.05) is 11.9 Å². The van der Waals surface area contributed by atoms with Gasteiger partial charge in [0.1, 0.15) is 11.6 Å². The first-order valence-electron chi connectivity index (χ1n) is 8.83. The molecular formula is C19H23FIN3O2. The molecule has 0 atom stereocenters. The molecule has 1 aromatic carbocycles. The molecule has 1 aliphatic rings. The summed E-state index contributed by atoms with van der Waals surface area (Å²) >= 11 is 2.07. The first-order valence-corrected chi connectivity index (χ1v) is 9.91. The maximum atomic E-state index is 14.3. The molecule has 1 heterocycles. The van der Waals surface area contributed by atoms with Crippen molar-refractivity contribution in [3.63, 3.8) is 0 Å². The molecule has 0 bridgehead atoms. The van der Waals surface area contributed by atoms with Gasteiger partial charge in [-0.3, -0.25) is 9.36 Å². The number of rotatable bonds is 7. The second kappa shape index (κ2) is 8.49. The number of benzene rings is 1. The monoisotopic (exact) mass is 471 g/mol. The highest BCUT2D eigenvalue weighted by atomic mass is 127. The van der Waals surface area contributed by atoms with E-state index >= 15 is 0 Å². The van der Waals surface area contributed by atoms with Crippen molar-refractivity contribution in [3.8, 4) is 0 Å². The predicted molar refractivity (Wildman–Crippen MR) is 109 cm³/mol. The number of pyridine rings is 1. The molecule has 0 saturated carbocycles. The second-order valence-electron chi connectivity index (χ2n) is 6.42. The number of hydroxylamine groups is 1. The summed E-state index contributed by atoms with van der Waals surface area (Å²) in [5, 5.41) is 3.14. The van der Waals surface area contributed by atoms with Gasteiger partial charge in [0.05, 0.1) is 12.3 Å². The smallest absolute Gasteiger partial charge is 0.255 e. The third kappa shape index (κ3) is 3.94. The summed E-state index contributed by atoms with van der Waals surface area (Å²) in [6.07, 6.45) is 3.54. The minimum absolute atomic E-state index is 0.0100. The Labute approximate surface area is 166 Å². The first kappa shape index (κ1) is 19.3. The molecule has 0 unspecified atom stereocenters. The van der Waals surface area contributed by atoms with Gasteiger partial charge in [0.25, 0.3) is 5.56 Å². The lowest BCUT2D eigenvalue weighted by Crippen LogP contribution is -2.27. The molecule has 0 amide bonds. The van der Waals surface area contributed by atoms with Crippen LogP contribution >= 0.6 is 22.6 Å². The maximum absolute atomic E-state index is 14.3. The quantitative estimate of drug-likeness (QED) is 0.367. The highest BCUT2D eigenvalue weighted by molar-refractivity contribution is 14.1. The van der Waals surface area contributed by atoms with E-state index in [9.17, 15) is 9.18 Å². The molecule has 0 saturated heterocycles. The average Bonchev–Trinajstić information content (AvgIpc) is 3.10. The van der Waals surface area contributed by atoms with E-state index in [2.05, 4.69) is 33.4 Å². The van der Waals surface area contributed by atoms with Crippen LogP contribution in [0.1, 0.15) is 36.5 Å². The molecule has 7 heteroatoms. The fourth-order valence-electron chi connectivity index (χ4n) is 3.33. The van der Waals surface area contributed by atoms with Gasteiger partial charge in [-0.1, -0.05) is 6.92 Å². The highest BCUT2D eigenvalue weighted by Gasteiger charge is 2.24. The third-order valence-electron chi connectivity index (χ3n) is 4.61. The summed E-state index contributed by atoms with van der Waals surface area (Å²) < 4.78 is 16.7. The number of aromatic nitrogens is 1. The van der Waals surface area contributed by atoms with Gasteiger partial charge in [-0.15, -0.1) is 0 Å². The van der Waals surface area contributed by atoms with Crippen LogP contribution in [0.5, 0.6) is 0 Å². The van der Waals surface area contributed by atoms with Crippen molar-refractivity contribution in [3.05, 3.63) is 54.6 Å². The van der Waals surface area contributed by atoms with Gasteiger partial charge in [0.15, 0.2) is 0 Å². The first-order chi connectivity index (χ1) is 12.5. The van der Waals surface area contributed by atoms with Gasteiger partial charge >= 0.3 is 0 Å². The van der Waals surface area contributed by atoms with Crippen molar-refractivity contribution in [2.24, 2.45) is 7.05 Å². The van der Waals surface area contributed by atoms with Gasteiger partial charge in [0.2, 0.25) is 0 Å². The summed E-state index contributed by atoms with van der Waals surface area (Å²) in [7, 11) is 1.73. The standard InChI is InChI=1S/C19H23FIN3O2/c1-3-9-26-22-11-15-13-5-4-6-14(13)19(25)24(2)18(15)23-17-8-7-12(21)10-16(17)20/h7-8,10,22-23H,3-6,9,11H2,1-2H3. The normalized spacial score (nSPS) is 13.1. The molecule has 140 valence electrons. The zero-order valence-corrected chi connectivity index (χ0v) is 17.2. The molecule has 3 rings (SSSR count). The van der Waals surface area contributed by atoms with E-state index in [1.807, 2.05) is 13.0 Å². The number of nitrogens with zero attached hydrogens (tertiary/aromatic N) is 1. The second-order valence-corrected chi connectivity index (χ2v) is 7.67. The summed E-state index contributed by atoms with van der Waals surface area (Å²) in [4.78, 5) is 18.1. The molecule has 5 nitrogen and oxygen atoms in total. The molecular weight excluding hydrogens is 448 g/mol. The molecule has 1 aliphatic carbocycles. The van der Waals surface area contributed by atoms with Crippen molar-refractivity contribution < 1.29 is 9.23 Å². The zero-order valence-electron chi connectivity index (χ0n) is 15.0. The Morgan fingerprint density at radius 1 is 1.31 bits per heavy atom. The van der Waals surface area contributed by atoms with Crippen LogP contribution in [0.3, 0.4) is 0 Å². The summed E-state index contributed by atoms with van der Waals surface area (Å²) in [5.41, 5.74) is 6.22. The molecule has 2 N–H and O–H groups in total. The molecule has 0 spiro atoms. The van der Waals surface area contributed by atoms with Crippen LogP contribution in [-0.4, -0.2) is 11.2 Å². The summed E-state index contributed by atoms with van der Waals surface area (Å²) in [6.45, 7) is 3.12. The van der Waals surface area contributed by atoms with Crippen LogP contribution in [0, 0.1) is 9.39 Å². The number of hydrogen-bond donors (Lipinski definition) is 2. The molecule has 1 aromatic heterocycles. The van der Waals surface area contributed by atoms with E-state index < -0.39 is 0 Å². The Bertz CT molecular complexity index is 867. The Balaban J connectivity index is 2.01. The van der Waals surface area contributed by atoms with Gasteiger partial charge in [0, 0.05) is 28.3 Å². The molecule has 0 aliphatic heterocycles. The molecule has 0 radical (unpaired) electrons. The number of anilines is 2. The van der Waals surface area contributed by atoms with E-state index in [0.717, 1.165) is 45.9 Å². The number of nitrogens with one attached hydrogen (secondary N) is 2. The van der Waals surface area contributed by atoms with Crippen molar-refractivity contribution in [2.45, 2.75) is 39.2 Å². The fourth-order valence-corrected chi connectivity index (χ4v) is 3.78. The molecule has 0 fully saturated rings. The van der Waals surface area contributed by atoms with Crippen LogP contribution < -0.4 is 16.4 Å². The lowest BCUT2D eigenvalue weighted by atomic mass is 10.0. The lowest BCUT2D eigenvalue weighted by molar-refractivity contribution is 0.0370. The summed E-state index contributed by atoms with van der Waals surface area (Å²) in [6, 6.07) is 5.00. The van der Waals surface area contributed by atoms with E-state index in [4.69, 9.17) is 4.84 Å². The van der Waals surface area contributed by atoms with Gasteiger partial charge in [-0.2, -0.15) is 5.48 Å². The van der Waals surface area contributed by atoms with Crippen LogP contribution in [0.4, 0.5) is 15.9 Å². The largest absolute Gasteiger partial charge is 0.339 e. The Hall–Kier alpha value is -1.45. The lowest BCUT2D eigenvalue weighted by Gasteiger charge is -2.20. The fraction of sp³-hybridized carbons (Fsp3) is 0.421. The van der Waals surface area contributed by atoms with Gasteiger partial charge in [-0.25, -0.2) is 4.39 Å². The third-order valence-corrected chi connectivity index (χ3v) is 5.28. The van der Waals surface area contributed by atoms with Gasteiger partial charge in [-0.05, 0) is 72.0 Å². The van der Waals surface area contributed by atoms with E-state index in [1.165, 1.54) is 6.07 Å². The number of fused-ring (bicyclic) bond motifs is 1. The predicted octanol–water partition coefficient (Wildman–Crippen LogP) is 3.79. The van der Waals surface area contributed by atoms with Crippen LogP contribution in [0.15, 0.2) is 23.0 Å². The minimum atomic E-state index is -0.342. The van der Waals surface area contributed by atoms with Gasteiger partial charge < -0.3 is 10.2 Å². The SMILES string of the molecule is CCCONCc1c2c(c(=O)n(C)c1Nc1ccc(I)cc1F)CCC2. The Kier molecular flexibility index (Phi) is 6.31. The topological polar surface area (TPSA) is 55.3 Å². The maximum Gasteiger partial charge on any atom is 0.255 e. The van der Waals surface area contributed by atoms with Crippen molar-refractivity contribution in [1.82, 2.24) is 10.0 Å². The average molecular weight is 471 g/mol. The number of hydrogen-bond acceptors (Lipinski definition) is 4. The minimum Gasteiger partial charge on any atom is -0.339 e.